The van der Waals surface area contributed by atoms with Crippen molar-refractivity contribution in [1.29, 1.82) is 0 Å². The van der Waals surface area contributed by atoms with Gasteiger partial charge in [0.15, 0.2) is 0 Å². The first-order chi connectivity index (χ1) is 12.3. The molecule has 2 aromatic rings. The molecule has 0 aromatic heterocycles. The van der Waals surface area contributed by atoms with Gasteiger partial charge in [-0.1, -0.05) is 26.0 Å². The lowest BCUT2D eigenvalue weighted by Crippen LogP contribution is -2.15. The molecule has 0 aliphatic rings. The molecule has 0 heterocycles. The van der Waals surface area contributed by atoms with Crippen molar-refractivity contribution in [1.82, 2.24) is 0 Å². The molecule has 0 atom stereocenters. The molecule has 0 bridgehead atoms. The molecule has 6 heteroatoms. The van der Waals surface area contributed by atoms with E-state index >= 15 is 0 Å². The molecule has 2 aromatic carbocycles. The average Bonchev–Trinajstić information content (AvgIpc) is 2.54. The van der Waals surface area contributed by atoms with E-state index in [1.807, 2.05) is 13.8 Å². The van der Waals surface area contributed by atoms with Gasteiger partial charge in [-0.05, 0) is 42.3 Å². The molecule has 0 saturated heterocycles. The van der Waals surface area contributed by atoms with Crippen LogP contribution >= 0.6 is 0 Å². The Hall–Kier alpha value is -3.15. The van der Waals surface area contributed by atoms with Crippen molar-refractivity contribution in [2.24, 2.45) is 5.92 Å². The molecule has 26 heavy (non-hydrogen) atoms. The Morgan fingerprint density at radius 2 is 1.62 bits per heavy atom. The van der Waals surface area contributed by atoms with Crippen molar-refractivity contribution in [3.8, 4) is 5.75 Å². The maximum Gasteiger partial charge on any atom is 0.308 e. The third-order valence-electron chi connectivity index (χ3n) is 3.36. The molecular weight excluding hydrogens is 332 g/mol. The minimum absolute atomic E-state index is 0.0717. The first-order valence-corrected chi connectivity index (χ1v) is 8.33. The number of nitrogens with one attached hydrogen (secondary N) is 2. The summed E-state index contributed by atoms with van der Waals surface area (Å²) in [7, 11) is 0. The van der Waals surface area contributed by atoms with E-state index in [-0.39, 0.29) is 17.7 Å². The van der Waals surface area contributed by atoms with Crippen LogP contribution in [0.25, 0.3) is 0 Å². The summed E-state index contributed by atoms with van der Waals surface area (Å²) in [6.45, 7) is 5.24. The topological polar surface area (TPSA) is 84.5 Å². The molecule has 0 aliphatic heterocycles. The molecule has 0 radical (unpaired) electrons. The lowest BCUT2D eigenvalue weighted by atomic mass is 10.1. The van der Waals surface area contributed by atoms with Gasteiger partial charge in [0.05, 0.1) is 0 Å². The van der Waals surface area contributed by atoms with Gasteiger partial charge in [-0.25, -0.2) is 0 Å². The molecule has 6 nitrogen and oxygen atoms in total. The number of rotatable bonds is 6. The van der Waals surface area contributed by atoms with Gasteiger partial charge in [-0.3, -0.25) is 14.4 Å². The predicted octanol–water partition coefficient (Wildman–Crippen LogP) is 3.85. The molecule has 0 spiro atoms. The summed E-state index contributed by atoms with van der Waals surface area (Å²) in [6.07, 6.45) is 0.430. The summed E-state index contributed by atoms with van der Waals surface area (Å²) in [5.41, 5.74) is 1.52. The third-order valence-corrected chi connectivity index (χ3v) is 3.36. The fourth-order valence-electron chi connectivity index (χ4n) is 2.33. The van der Waals surface area contributed by atoms with E-state index in [1.54, 1.807) is 42.5 Å². The molecular formula is C20H22N2O4. The van der Waals surface area contributed by atoms with Crippen LogP contribution in [0.4, 0.5) is 11.4 Å². The van der Waals surface area contributed by atoms with Gasteiger partial charge >= 0.3 is 5.97 Å². The van der Waals surface area contributed by atoms with Crippen LogP contribution in [0.2, 0.25) is 0 Å². The highest BCUT2D eigenvalue weighted by Gasteiger charge is 2.10. The van der Waals surface area contributed by atoms with Crippen molar-refractivity contribution in [2.45, 2.75) is 27.2 Å². The standard InChI is InChI=1S/C20H22N2O4/c1-13(2)10-19(24)21-16-7-5-8-17(12-16)22-20(25)15-6-4-9-18(11-15)26-14(3)23/h4-9,11-13H,10H2,1-3H3,(H,21,24)(H,22,25). The van der Waals surface area contributed by atoms with Gasteiger partial charge < -0.3 is 15.4 Å². The lowest BCUT2D eigenvalue weighted by molar-refractivity contribution is -0.131. The Labute approximate surface area is 152 Å². The molecule has 136 valence electrons. The number of ether oxygens (including phenoxy) is 1. The molecule has 0 fully saturated rings. The summed E-state index contributed by atoms with van der Waals surface area (Å²) >= 11 is 0. The normalized spacial score (nSPS) is 10.3. The minimum Gasteiger partial charge on any atom is -0.427 e. The largest absolute Gasteiger partial charge is 0.427 e. The van der Waals surface area contributed by atoms with Crippen molar-refractivity contribution in [3.63, 3.8) is 0 Å². The molecule has 2 N–H and O–H groups in total. The fraction of sp³-hybridized carbons (Fsp3) is 0.250. The van der Waals surface area contributed by atoms with Crippen molar-refractivity contribution >= 4 is 29.2 Å². The van der Waals surface area contributed by atoms with Crippen LogP contribution < -0.4 is 15.4 Å². The highest BCUT2D eigenvalue weighted by molar-refractivity contribution is 6.05. The Balaban J connectivity index is 2.06. The van der Waals surface area contributed by atoms with Crippen molar-refractivity contribution in [2.75, 3.05) is 10.6 Å². The Morgan fingerprint density at radius 3 is 2.27 bits per heavy atom. The number of hydrogen-bond acceptors (Lipinski definition) is 4. The second-order valence-corrected chi connectivity index (χ2v) is 6.30. The predicted molar refractivity (Wildman–Crippen MR) is 100 cm³/mol. The zero-order valence-corrected chi connectivity index (χ0v) is 15.0. The minimum atomic E-state index is -0.451. The average molecular weight is 354 g/mol. The van der Waals surface area contributed by atoms with E-state index in [9.17, 15) is 14.4 Å². The molecule has 2 rings (SSSR count). The first-order valence-electron chi connectivity index (χ1n) is 8.33. The molecule has 0 aliphatic carbocycles. The van der Waals surface area contributed by atoms with E-state index in [1.165, 1.54) is 13.0 Å². The van der Waals surface area contributed by atoms with Gasteiger partial charge in [0.1, 0.15) is 5.75 Å². The van der Waals surface area contributed by atoms with Crippen molar-refractivity contribution < 1.29 is 19.1 Å². The van der Waals surface area contributed by atoms with E-state index in [0.717, 1.165) is 0 Å². The maximum absolute atomic E-state index is 12.4. The van der Waals surface area contributed by atoms with Gasteiger partial charge in [0, 0.05) is 30.3 Å². The number of esters is 1. The van der Waals surface area contributed by atoms with Crippen LogP contribution in [0, 0.1) is 5.92 Å². The Morgan fingerprint density at radius 1 is 0.962 bits per heavy atom. The van der Waals surface area contributed by atoms with E-state index < -0.39 is 5.97 Å². The lowest BCUT2D eigenvalue weighted by Gasteiger charge is -2.10. The monoisotopic (exact) mass is 354 g/mol. The van der Waals surface area contributed by atoms with Gasteiger partial charge in [-0.15, -0.1) is 0 Å². The Bertz CT molecular complexity index is 815. The molecule has 0 saturated carbocycles. The van der Waals surface area contributed by atoms with Crippen LogP contribution in [-0.2, 0) is 9.59 Å². The molecule has 0 unspecified atom stereocenters. The SMILES string of the molecule is CC(=O)Oc1cccc(C(=O)Nc2cccc(NC(=O)CC(C)C)c2)c1. The smallest absolute Gasteiger partial charge is 0.308 e. The summed E-state index contributed by atoms with van der Waals surface area (Å²) in [6, 6.07) is 13.3. The van der Waals surface area contributed by atoms with Crippen LogP contribution in [0.3, 0.4) is 0 Å². The van der Waals surface area contributed by atoms with Gasteiger partial charge in [0.2, 0.25) is 5.91 Å². The van der Waals surface area contributed by atoms with E-state index in [0.29, 0.717) is 29.1 Å². The second kappa shape index (κ2) is 8.80. The van der Waals surface area contributed by atoms with Crippen LogP contribution in [-0.4, -0.2) is 17.8 Å². The number of amides is 2. The number of anilines is 2. The third kappa shape index (κ3) is 6.05. The van der Waals surface area contributed by atoms with Crippen molar-refractivity contribution in [3.05, 3.63) is 54.1 Å². The number of hydrogen-bond donors (Lipinski definition) is 2. The second-order valence-electron chi connectivity index (χ2n) is 6.30. The molecule has 2 amide bonds. The zero-order valence-electron chi connectivity index (χ0n) is 15.0. The fourth-order valence-corrected chi connectivity index (χ4v) is 2.33. The van der Waals surface area contributed by atoms with E-state index in [2.05, 4.69) is 10.6 Å². The quantitative estimate of drug-likeness (QED) is 0.609. The van der Waals surface area contributed by atoms with Crippen LogP contribution in [0.5, 0.6) is 5.75 Å². The van der Waals surface area contributed by atoms with Crippen LogP contribution in [0.15, 0.2) is 48.5 Å². The van der Waals surface area contributed by atoms with Gasteiger partial charge in [0.25, 0.3) is 5.91 Å². The zero-order chi connectivity index (χ0) is 19.1. The summed E-state index contributed by atoms with van der Waals surface area (Å²) in [5.74, 6) is -0.295. The summed E-state index contributed by atoms with van der Waals surface area (Å²) in [5, 5.41) is 5.57. The Kier molecular flexibility index (Phi) is 6.49. The first kappa shape index (κ1) is 19.2. The number of benzene rings is 2. The summed E-state index contributed by atoms with van der Waals surface area (Å²) < 4.78 is 4.98. The summed E-state index contributed by atoms with van der Waals surface area (Å²) in [4.78, 5) is 35.3. The maximum atomic E-state index is 12.4. The highest BCUT2D eigenvalue weighted by Crippen LogP contribution is 2.19. The van der Waals surface area contributed by atoms with E-state index in [4.69, 9.17) is 4.74 Å². The number of carbonyl (C=O) groups excluding carboxylic acids is 3. The van der Waals surface area contributed by atoms with Gasteiger partial charge in [-0.2, -0.15) is 0 Å². The highest BCUT2D eigenvalue weighted by atomic mass is 16.5. The number of carbonyl (C=O) groups is 3. The van der Waals surface area contributed by atoms with Crippen LogP contribution in [0.1, 0.15) is 37.6 Å².